The second-order valence-corrected chi connectivity index (χ2v) is 6.24. The molecule has 0 radical (unpaired) electrons. The van der Waals surface area contributed by atoms with E-state index in [-0.39, 0.29) is 8.76 Å². The van der Waals surface area contributed by atoms with Crippen molar-refractivity contribution in [1.82, 2.24) is 4.90 Å². The molecule has 2 N–H and O–H groups in total. The smallest absolute Gasteiger partial charge is 0.476 e. The summed E-state index contributed by atoms with van der Waals surface area (Å²) in [6.45, 7) is 1.53. The van der Waals surface area contributed by atoms with Crippen LogP contribution < -0.4 is 10.2 Å². The molecule has 25 heavy (non-hydrogen) atoms. The highest BCUT2D eigenvalue weighted by molar-refractivity contribution is 6.58. The van der Waals surface area contributed by atoms with Gasteiger partial charge in [-0.3, -0.25) is 4.79 Å². The van der Waals surface area contributed by atoms with E-state index in [0.29, 0.717) is 11.2 Å². The predicted molar refractivity (Wildman–Crippen MR) is 101 cm³/mol. The van der Waals surface area contributed by atoms with Crippen molar-refractivity contribution in [2.45, 2.75) is 25.4 Å². The minimum Gasteiger partial charge on any atom is -0.476 e. The summed E-state index contributed by atoms with van der Waals surface area (Å²) in [5.74, 6) is 0.487. The number of nitrogens with zero attached hydrogens (tertiary/aromatic N) is 1. The van der Waals surface area contributed by atoms with Gasteiger partial charge < -0.3 is 19.7 Å². The Labute approximate surface area is 151 Å². The van der Waals surface area contributed by atoms with Crippen LogP contribution in [0.25, 0.3) is 0 Å². The van der Waals surface area contributed by atoms with E-state index in [1.54, 1.807) is 24.3 Å². The summed E-state index contributed by atoms with van der Waals surface area (Å²) in [6.07, 6.45) is 2.50. The van der Waals surface area contributed by atoms with Crippen LogP contribution in [0.15, 0.2) is 54.6 Å². The normalized spacial score (nSPS) is 15.5. The Balaban J connectivity index is 0.00000182. The fourth-order valence-corrected chi connectivity index (χ4v) is 3.02. The molecule has 0 aliphatic carbocycles. The Morgan fingerprint density at radius 1 is 1.00 bits per heavy atom. The molecular formula is C19H26BNO4. The zero-order valence-corrected chi connectivity index (χ0v) is 14.0. The SMILES string of the molecule is O=C(C(Oc1ccc(B(O)O)cc1)c1ccccc1)N1CCCCC1.[HH].[HH]. The summed E-state index contributed by atoms with van der Waals surface area (Å²) in [6, 6.07) is 15.9. The Hall–Kier alpha value is -2.31. The van der Waals surface area contributed by atoms with Crippen LogP contribution in [0.1, 0.15) is 33.8 Å². The summed E-state index contributed by atoms with van der Waals surface area (Å²) >= 11 is 0. The van der Waals surface area contributed by atoms with E-state index in [9.17, 15) is 14.8 Å². The lowest BCUT2D eigenvalue weighted by Crippen LogP contribution is -2.40. The van der Waals surface area contributed by atoms with Gasteiger partial charge in [-0.1, -0.05) is 42.5 Å². The molecule has 5 nitrogen and oxygen atoms in total. The minimum atomic E-state index is -1.52. The van der Waals surface area contributed by atoms with Crippen LogP contribution in [-0.2, 0) is 4.79 Å². The third-order valence-corrected chi connectivity index (χ3v) is 4.43. The summed E-state index contributed by atoms with van der Waals surface area (Å²) in [5, 5.41) is 18.4. The van der Waals surface area contributed by atoms with Crippen molar-refractivity contribution in [3.8, 4) is 5.75 Å². The molecule has 1 atom stereocenters. The number of amides is 1. The zero-order valence-electron chi connectivity index (χ0n) is 14.0. The van der Waals surface area contributed by atoms with E-state index in [2.05, 4.69) is 0 Å². The van der Waals surface area contributed by atoms with Crippen molar-refractivity contribution in [3.05, 3.63) is 60.2 Å². The van der Waals surface area contributed by atoms with Gasteiger partial charge in [0.25, 0.3) is 5.91 Å². The highest BCUT2D eigenvalue weighted by Gasteiger charge is 2.28. The molecule has 0 aromatic heterocycles. The average molecular weight is 343 g/mol. The highest BCUT2D eigenvalue weighted by Crippen LogP contribution is 2.25. The van der Waals surface area contributed by atoms with Gasteiger partial charge in [0.2, 0.25) is 6.10 Å². The molecular weight excluding hydrogens is 317 g/mol. The van der Waals surface area contributed by atoms with Crippen molar-refractivity contribution in [3.63, 3.8) is 0 Å². The second kappa shape index (κ2) is 8.18. The van der Waals surface area contributed by atoms with Gasteiger partial charge in [-0.05, 0) is 36.9 Å². The molecule has 2 aromatic rings. The maximum Gasteiger partial charge on any atom is 0.488 e. The number of benzene rings is 2. The standard InChI is InChI=1S/C19H22BNO4.2H2/c22-19(21-13-5-2-6-14-21)18(15-7-3-1-4-8-15)25-17-11-9-16(10-12-17)20(23)24;;/h1,3-4,7-12,18,23-24H,2,5-6,13-14H2;2*1H. The lowest BCUT2D eigenvalue weighted by molar-refractivity contribution is -0.140. The zero-order chi connectivity index (χ0) is 17.6. The third-order valence-electron chi connectivity index (χ3n) is 4.43. The van der Waals surface area contributed by atoms with E-state index >= 15 is 0 Å². The van der Waals surface area contributed by atoms with Crippen LogP contribution >= 0.6 is 0 Å². The molecule has 0 saturated carbocycles. The highest BCUT2D eigenvalue weighted by atomic mass is 16.5. The maximum atomic E-state index is 13.0. The fraction of sp³-hybridized carbons (Fsp3) is 0.316. The monoisotopic (exact) mass is 343 g/mol. The molecule has 3 rings (SSSR count). The third kappa shape index (κ3) is 4.41. The maximum absolute atomic E-state index is 13.0. The quantitative estimate of drug-likeness (QED) is 0.815. The molecule has 1 unspecified atom stereocenters. The topological polar surface area (TPSA) is 70.0 Å². The number of hydrogen-bond donors (Lipinski definition) is 2. The van der Waals surface area contributed by atoms with Gasteiger partial charge in [-0.25, -0.2) is 0 Å². The van der Waals surface area contributed by atoms with E-state index in [4.69, 9.17) is 4.74 Å². The summed E-state index contributed by atoms with van der Waals surface area (Å²) < 4.78 is 6.00. The minimum absolute atomic E-state index is 0. The number of piperidine rings is 1. The molecule has 6 heteroatoms. The molecule has 1 fully saturated rings. The summed E-state index contributed by atoms with van der Waals surface area (Å²) in [5.41, 5.74) is 1.19. The Morgan fingerprint density at radius 3 is 2.24 bits per heavy atom. The summed E-state index contributed by atoms with van der Waals surface area (Å²) in [7, 11) is -1.52. The van der Waals surface area contributed by atoms with Crippen LogP contribution in [-0.4, -0.2) is 41.1 Å². The average Bonchev–Trinajstić information content (AvgIpc) is 2.67. The van der Waals surface area contributed by atoms with E-state index in [1.165, 1.54) is 0 Å². The van der Waals surface area contributed by atoms with Gasteiger partial charge in [0.05, 0.1) is 0 Å². The first-order valence-electron chi connectivity index (χ1n) is 8.61. The van der Waals surface area contributed by atoms with Crippen molar-refractivity contribution in [1.29, 1.82) is 0 Å². The largest absolute Gasteiger partial charge is 0.488 e. The molecule has 0 spiro atoms. The first-order valence-corrected chi connectivity index (χ1v) is 8.61. The Bertz CT molecular complexity index is 695. The second-order valence-electron chi connectivity index (χ2n) is 6.24. The number of ether oxygens (including phenoxy) is 1. The van der Waals surface area contributed by atoms with Gasteiger partial charge in [-0.2, -0.15) is 0 Å². The molecule has 1 aliphatic rings. The van der Waals surface area contributed by atoms with E-state index in [1.807, 2.05) is 35.2 Å². The molecule has 2 aromatic carbocycles. The van der Waals surface area contributed by atoms with Crippen LogP contribution in [0.5, 0.6) is 5.75 Å². The van der Waals surface area contributed by atoms with Gasteiger partial charge >= 0.3 is 7.12 Å². The first kappa shape index (κ1) is 17.5. The molecule has 1 aliphatic heterocycles. The van der Waals surface area contributed by atoms with Crippen LogP contribution in [0, 0.1) is 0 Å². The Kier molecular flexibility index (Phi) is 5.73. The molecule has 1 amide bonds. The van der Waals surface area contributed by atoms with Crippen molar-refractivity contribution in [2.75, 3.05) is 13.1 Å². The van der Waals surface area contributed by atoms with Crippen molar-refractivity contribution >= 4 is 18.5 Å². The molecule has 1 heterocycles. The molecule has 134 valence electrons. The van der Waals surface area contributed by atoms with Gasteiger partial charge in [-0.15, -0.1) is 0 Å². The summed E-state index contributed by atoms with van der Waals surface area (Å²) in [4.78, 5) is 14.9. The number of likely N-dealkylation sites (tertiary alicyclic amines) is 1. The number of carbonyl (C=O) groups is 1. The molecule has 0 bridgehead atoms. The number of carbonyl (C=O) groups excluding carboxylic acids is 1. The lowest BCUT2D eigenvalue weighted by Gasteiger charge is -2.30. The Morgan fingerprint density at radius 2 is 1.64 bits per heavy atom. The van der Waals surface area contributed by atoms with Crippen LogP contribution in [0.4, 0.5) is 0 Å². The fourth-order valence-electron chi connectivity index (χ4n) is 3.02. The lowest BCUT2D eigenvalue weighted by atomic mass is 9.80. The van der Waals surface area contributed by atoms with Crippen LogP contribution in [0.2, 0.25) is 0 Å². The number of hydrogen-bond acceptors (Lipinski definition) is 4. The first-order chi connectivity index (χ1) is 12.1. The van der Waals surface area contributed by atoms with Gasteiger partial charge in [0, 0.05) is 21.5 Å². The molecule has 1 saturated heterocycles. The van der Waals surface area contributed by atoms with E-state index < -0.39 is 13.2 Å². The number of rotatable bonds is 5. The van der Waals surface area contributed by atoms with Crippen molar-refractivity contribution < 1.29 is 22.4 Å². The van der Waals surface area contributed by atoms with Gasteiger partial charge in [0.15, 0.2) is 0 Å². The predicted octanol–water partition coefficient (Wildman–Crippen LogP) is 1.99. The van der Waals surface area contributed by atoms with Gasteiger partial charge in [0.1, 0.15) is 5.75 Å². The van der Waals surface area contributed by atoms with Crippen LogP contribution in [0.3, 0.4) is 0 Å². The van der Waals surface area contributed by atoms with E-state index in [0.717, 1.165) is 37.9 Å². The van der Waals surface area contributed by atoms with Crippen molar-refractivity contribution in [2.24, 2.45) is 0 Å².